The fraction of sp³-hybridized carbons (Fsp3) is 0.167. The molecule has 1 unspecified atom stereocenters. The van der Waals surface area contributed by atoms with Gasteiger partial charge in [-0.25, -0.2) is 0 Å². The maximum Gasteiger partial charge on any atom is 0.254 e. The Bertz CT molecular complexity index is 555. The molecule has 0 bridgehead atoms. The smallest absolute Gasteiger partial charge is 0.254 e. The predicted octanol–water partition coefficient (Wildman–Crippen LogP) is 2.99. The van der Waals surface area contributed by atoms with E-state index in [4.69, 9.17) is 33.2 Å². The van der Waals surface area contributed by atoms with E-state index in [-0.39, 0.29) is 12.2 Å². The van der Waals surface area contributed by atoms with E-state index >= 15 is 0 Å². The van der Waals surface area contributed by atoms with Crippen molar-refractivity contribution in [1.29, 1.82) is 5.26 Å². The normalized spacial score (nSPS) is 10.8. The molecule has 0 saturated carbocycles. The Balaban J connectivity index is 2.71. The molecule has 1 aromatic carbocycles. The lowest BCUT2D eigenvalue weighted by molar-refractivity contribution is 0.0685. The molecule has 0 saturated heterocycles. The van der Waals surface area contributed by atoms with Gasteiger partial charge in [0.1, 0.15) is 12.7 Å². The molecule has 1 N–H and O–H groups in total. The van der Waals surface area contributed by atoms with Crippen LogP contribution in [-0.4, -0.2) is 18.7 Å². The summed E-state index contributed by atoms with van der Waals surface area (Å²) in [6.07, 6.45) is -1.08. The van der Waals surface area contributed by atoms with Crippen molar-refractivity contribution in [3.8, 4) is 15.9 Å². The first-order valence-electron chi connectivity index (χ1n) is 4.93. The van der Waals surface area contributed by atoms with E-state index in [1.54, 1.807) is 6.07 Å². The molecule has 0 aliphatic rings. The summed E-state index contributed by atoms with van der Waals surface area (Å²) in [6, 6.07) is 6.20. The molecule has 19 heavy (non-hydrogen) atoms. The Hall–Kier alpha value is -0.990. The zero-order chi connectivity index (χ0) is 14.3. The highest BCUT2D eigenvalue weighted by atomic mass is 127. The molecule has 4 nitrogen and oxygen atoms in total. The van der Waals surface area contributed by atoms with Crippen molar-refractivity contribution in [2.75, 3.05) is 6.61 Å². The Morgan fingerprint density at radius 2 is 2.05 bits per heavy atom. The average Bonchev–Trinajstić information content (AvgIpc) is 2.36. The molecule has 0 aliphatic heterocycles. The molecule has 0 aliphatic carbocycles. The second-order valence-corrected chi connectivity index (χ2v) is 4.64. The number of nitriles is 1. The fourth-order valence-electron chi connectivity index (χ4n) is 1.15. The Morgan fingerprint density at radius 1 is 1.42 bits per heavy atom. The summed E-state index contributed by atoms with van der Waals surface area (Å²) in [5, 5.41) is 11.9. The number of carbonyl (C=O) groups is 1. The van der Waals surface area contributed by atoms with Crippen LogP contribution in [0.25, 0.3) is 0 Å². The first-order chi connectivity index (χ1) is 9.06. The second-order valence-electron chi connectivity index (χ2n) is 3.22. The second kappa shape index (κ2) is 8.23. The first-order valence-corrected chi connectivity index (χ1v) is 6.77. The fourth-order valence-corrected chi connectivity index (χ4v) is 1.83. The van der Waals surface area contributed by atoms with Crippen molar-refractivity contribution < 1.29 is 9.53 Å². The zero-order valence-electron chi connectivity index (χ0n) is 9.41. The molecule has 7 heteroatoms. The van der Waals surface area contributed by atoms with Gasteiger partial charge < -0.3 is 10.1 Å². The van der Waals surface area contributed by atoms with Crippen LogP contribution in [0.5, 0.6) is 0 Å². The van der Waals surface area contributed by atoms with Gasteiger partial charge in [0, 0.05) is 38.2 Å². The summed E-state index contributed by atoms with van der Waals surface area (Å²) in [5.41, 5.74) is 0.251. The Morgan fingerprint density at radius 3 is 2.58 bits per heavy atom. The lowest BCUT2D eigenvalue weighted by Gasteiger charge is -2.11. The topological polar surface area (TPSA) is 62.1 Å². The molecule has 0 spiro atoms. The first kappa shape index (κ1) is 16.1. The van der Waals surface area contributed by atoms with E-state index < -0.39 is 12.1 Å². The molecular formula is C12H7Cl2IN2O2. The number of carbonyl (C=O) groups excluding carboxylic acids is 1. The number of nitrogens with one attached hydrogen (secondary N) is 1. The van der Waals surface area contributed by atoms with Crippen LogP contribution < -0.4 is 5.32 Å². The van der Waals surface area contributed by atoms with E-state index in [2.05, 4.69) is 15.2 Å². The van der Waals surface area contributed by atoms with Gasteiger partial charge in [0.25, 0.3) is 5.91 Å². The van der Waals surface area contributed by atoms with Gasteiger partial charge in [-0.1, -0.05) is 29.1 Å². The summed E-state index contributed by atoms with van der Waals surface area (Å²) in [5.74, 6) is 2.11. The monoisotopic (exact) mass is 408 g/mol. The SMILES string of the molecule is N#CC(NC(=O)c1cc(Cl)cc(Cl)c1)OCC#CI. The Kier molecular flexibility index (Phi) is 6.96. The minimum absolute atomic E-state index is 0.0533. The maximum absolute atomic E-state index is 11.9. The minimum Gasteiger partial charge on any atom is -0.332 e. The summed E-state index contributed by atoms with van der Waals surface area (Å²) >= 11 is 13.4. The number of ether oxygens (including phenoxy) is 1. The molecule has 1 rings (SSSR count). The molecule has 1 atom stereocenters. The average molecular weight is 409 g/mol. The van der Waals surface area contributed by atoms with Crippen LogP contribution >= 0.6 is 45.8 Å². The lowest BCUT2D eigenvalue weighted by Crippen LogP contribution is -2.35. The number of rotatable bonds is 4. The van der Waals surface area contributed by atoms with E-state index in [1.165, 1.54) is 18.2 Å². The highest BCUT2D eigenvalue weighted by Gasteiger charge is 2.14. The van der Waals surface area contributed by atoms with Crippen LogP contribution in [0, 0.1) is 21.2 Å². The molecule has 0 heterocycles. The summed E-state index contributed by atoms with van der Waals surface area (Å²) < 4.78 is 7.63. The number of hydrogen-bond donors (Lipinski definition) is 1. The Labute approximate surface area is 134 Å². The van der Waals surface area contributed by atoms with E-state index in [0.29, 0.717) is 10.0 Å². The van der Waals surface area contributed by atoms with E-state index in [1.807, 2.05) is 22.6 Å². The van der Waals surface area contributed by atoms with Crippen LogP contribution in [0.4, 0.5) is 0 Å². The van der Waals surface area contributed by atoms with Gasteiger partial charge in [-0.3, -0.25) is 4.79 Å². The summed E-state index contributed by atoms with van der Waals surface area (Å²) in [6.45, 7) is 0.0533. The zero-order valence-corrected chi connectivity index (χ0v) is 13.1. The number of hydrogen-bond acceptors (Lipinski definition) is 3. The quantitative estimate of drug-likeness (QED) is 0.473. The van der Waals surface area contributed by atoms with Crippen molar-refractivity contribution in [2.45, 2.75) is 6.23 Å². The van der Waals surface area contributed by atoms with Gasteiger partial charge in [-0.15, -0.1) is 0 Å². The van der Waals surface area contributed by atoms with Crippen LogP contribution in [0.2, 0.25) is 10.0 Å². The third-order valence-electron chi connectivity index (χ3n) is 1.89. The van der Waals surface area contributed by atoms with Crippen molar-refractivity contribution in [3.63, 3.8) is 0 Å². The van der Waals surface area contributed by atoms with Crippen LogP contribution in [0.15, 0.2) is 18.2 Å². The van der Waals surface area contributed by atoms with Gasteiger partial charge in [-0.2, -0.15) is 5.26 Å². The molecule has 0 aromatic heterocycles. The molecule has 98 valence electrons. The molecule has 0 fully saturated rings. The van der Waals surface area contributed by atoms with Gasteiger partial charge >= 0.3 is 0 Å². The van der Waals surface area contributed by atoms with Crippen molar-refractivity contribution in [3.05, 3.63) is 33.8 Å². The van der Waals surface area contributed by atoms with Gasteiger partial charge in [0.15, 0.2) is 0 Å². The third-order valence-corrected chi connectivity index (χ3v) is 2.71. The molecular weight excluding hydrogens is 402 g/mol. The highest BCUT2D eigenvalue weighted by Crippen LogP contribution is 2.19. The van der Waals surface area contributed by atoms with E-state index in [0.717, 1.165) is 0 Å². The van der Waals surface area contributed by atoms with Crippen LogP contribution in [0.3, 0.4) is 0 Å². The number of benzene rings is 1. The number of halogens is 3. The number of nitrogens with zero attached hydrogens (tertiary/aromatic N) is 1. The van der Waals surface area contributed by atoms with Crippen LogP contribution in [0.1, 0.15) is 10.4 Å². The van der Waals surface area contributed by atoms with Gasteiger partial charge in [-0.05, 0) is 22.1 Å². The van der Waals surface area contributed by atoms with Crippen molar-refractivity contribution in [2.24, 2.45) is 0 Å². The number of amides is 1. The molecule has 1 aromatic rings. The third kappa shape index (κ3) is 5.66. The van der Waals surface area contributed by atoms with E-state index in [9.17, 15) is 4.79 Å². The van der Waals surface area contributed by atoms with Crippen molar-refractivity contribution >= 4 is 51.7 Å². The molecule has 0 radical (unpaired) electrons. The minimum atomic E-state index is -1.08. The largest absolute Gasteiger partial charge is 0.332 e. The highest BCUT2D eigenvalue weighted by molar-refractivity contribution is 14.1. The standard InChI is InChI=1S/C12H7Cl2IN2O2/c13-9-4-8(5-10(14)6-9)12(18)17-11(7-16)19-3-1-2-15/h4-6,11H,3H2,(H,17,18). The van der Waals surface area contributed by atoms with Gasteiger partial charge in [0.2, 0.25) is 6.23 Å². The summed E-state index contributed by atoms with van der Waals surface area (Å²) in [4.78, 5) is 11.9. The van der Waals surface area contributed by atoms with Crippen molar-refractivity contribution in [1.82, 2.24) is 5.32 Å². The summed E-state index contributed by atoms with van der Waals surface area (Å²) in [7, 11) is 0. The lowest BCUT2D eigenvalue weighted by atomic mass is 10.2. The molecule has 1 amide bonds. The van der Waals surface area contributed by atoms with Gasteiger partial charge in [0.05, 0.1) is 0 Å². The maximum atomic E-state index is 11.9. The predicted molar refractivity (Wildman–Crippen MR) is 81.1 cm³/mol. The van der Waals surface area contributed by atoms with Crippen LogP contribution in [-0.2, 0) is 4.74 Å².